The standard InChI is InChI=1S/C25H33N3OS/c1-2-3-4-11-16-23(29)26-25(30)28-19-17-27(18-20-28)24(21-12-7-5-8-13-21)22-14-9-6-10-15-22/h5-10,12-15,24H,2-4,11,16-20H2,1H3,(H,26,29,30). The molecule has 1 heterocycles. The first-order valence-electron chi connectivity index (χ1n) is 11.1. The van der Waals surface area contributed by atoms with Crippen LogP contribution in [0.15, 0.2) is 60.7 Å². The number of piperazine rings is 1. The van der Waals surface area contributed by atoms with E-state index in [4.69, 9.17) is 12.2 Å². The Morgan fingerprint density at radius 2 is 1.47 bits per heavy atom. The summed E-state index contributed by atoms with van der Waals surface area (Å²) in [4.78, 5) is 16.8. The lowest BCUT2D eigenvalue weighted by Crippen LogP contribution is -2.53. The van der Waals surface area contributed by atoms with Crippen LogP contribution in [-0.4, -0.2) is 47.0 Å². The number of nitrogens with one attached hydrogen (secondary N) is 1. The number of unbranched alkanes of at least 4 members (excludes halogenated alkanes) is 3. The maximum atomic E-state index is 12.2. The van der Waals surface area contributed by atoms with Crippen LogP contribution in [-0.2, 0) is 4.79 Å². The van der Waals surface area contributed by atoms with Crippen LogP contribution in [0, 0.1) is 0 Å². The molecular weight excluding hydrogens is 390 g/mol. The van der Waals surface area contributed by atoms with Crippen molar-refractivity contribution < 1.29 is 4.79 Å². The average molecular weight is 424 g/mol. The second-order valence-corrected chi connectivity index (χ2v) is 8.30. The third-order valence-electron chi connectivity index (χ3n) is 5.70. The van der Waals surface area contributed by atoms with Gasteiger partial charge in [0.05, 0.1) is 6.04 Å². The van der Waals surface area contributed by atoms with E-state index in [9.17, 15) is 4.79 Å². The first-order valence-corrected chi connectivity index (χ1v) is 11.5. The Kier molecular flexibility index (Phi) is 8.84. The molecule has 1 N–H and O–H groups in total. The summed E-state index contributed by atoms with van der Waals surface area (Å²) < 4.78 is 0. The van der Waals surface area contributed by atoms with Crippen molar-refractivity contribution in [2.24, 2.45) is 0 Å². The van der Waals surface area contributed by atoms with Crippen LogP contribution < -0.4 is 5.32 Å². The van der Waals surface area contributed by atoms with Crippen LogP contribution >= 0.6 is 12.2 Å². The second kappa shape index (κ2) is 11.8. The minimum Gasteiger partial charge on any atom is -0.346 e. The number of thiocarbonyl (C=S) groups is 1. The van der Waals surface area contributed by atoms with Crippen molar-refractivity contribution in [3.05, 3.63) is 71.8 Å². The van der Waals surface area contributed by atoms with Crippen LogP contribution in [0.25, 0.3) is 0 Å². The Morgan fingerprint density at radius 1 is 0.900 bits per heavy atom. The number of hydrogen-bond acceptors (Lipinski definition) is 3. The van der Waals surface area contributed by atoms with Gasteiger partial charge in [-0.3, -0.25) is 9.69 Å². The predicted octanol–water partition coefficient (Wildman–Crippen LogP) is 4.77. The molecular formula is C25H33N3OS. The zero-order valence-corrected chi connectivity index (χ0v) is 18.7. The summed E-state index contributed by atoms with van der Waals surface area (Å²) in [6, 6.07) is 21.6. The van der Waals surface area contributed by atoms with Crippen molar-refractivity contribution in [1.29, 1.82) is 0 Å². The Bertz CT molecular complexity index is 749. The highest BCUT2D eigenvalue weighted by Gasteiger charge is 2.27. The fourth-order valence-corrected chi connectivity index (χ4v) is 4.34. The Morgan fingerprint density at radius 3 is 2.00 bits per heavy atom. The van der Waals surface area contributed by atoms with Gasteiger partial charge in [-0.2, -0.15) is 0 Å². The van der Waals surface area contributed by atoms with Crippen molar-refractivity contribution in [2.75, 3.05) is 26.2 Å². The van der Waals surface area contributed by atoms with E-state index >= 15 is 0 Å². The first kappa shape index (κ1) is 22.4. The van der Waals surface area contributed by atoms with Crippen molar-refractivity contribution in [3.8, 4) is 0 Å². The zero-order chi connectivity index (χ0) is 21.2. The van der Waals surface area contributed by atoms with Crippen molar-refractivity contribution in [3.63, 3.8) is 0 Å². The number of rotatable bonds is 8. The highest BCUT2D eigenvalue weighted by atomic mass is 32.1. The Hall–Kier alpha value is -2.24. The van der Waals surface area contributed by atoms with Gasteiger partial charge in [-0.25, -0.2) is 0 Å². The van der Waals surface area contributed by atoms with Crippen molar-refractivity contribution >= 4 is 23.2 Å². The zero-order valence-electron chi connectivity index (χ0n) is 17.9. The average Bonchev–Trinajstić information content (AvgIpc) is 2.79. The summed E-state index contributed by atoms with van der Waals surface area (Å²) in [6.07, 6.45) is 4.97. The van der Waals surface area contributed by atoms with Crippen LogP contribution in [0.2, 0.25) is 0 Å². The molecule has 5 heteroatoms. The summed E-state index contributed by atoms with van der Waals surface area (Å²) >= 11 is 5.52. The van der Waals surface area contributed by atoms with Gasteiger partial charge in [-0.15, -0.1) is 0 Å². The van der Waals surface area contributed by atoms with Gasteiger partial charge in [0.25, 0.3) is 0 Å². The van der Waals surface area contributed by atoms with E-state index in [2.05, 4.69) is 82.7 Å². The summed E-state index contributed by atoms with van der Waals surface area (Å²) in [5.41, 5.74) is 2.61. The molecule has 1 saturated heterocycles. The summed E-state index contributed by atoms with van der Waals surface area (Å²) in [7, 11) is 0. The minimum atomic E-state index is 0.0463. The van der Waals surface area contributed by atoms with Gasteiger partial charge in [0.2, 0.25) is 5.91 Å². The van der Waals surface area contributed by atoms with Gasteiger partial charge < -0.3 is 10.2 Å². The van der Waals surface area contributed by atoms with Gasteiger partial charge in [0.1, 0.15) is 0 Å². The van der Waals surface area contributed by atoms with Crippen LogP contribution in [0.4, 0.5) is 0 Å². The summed E-state index contributed by atoms with van der Waals surface area (Å²) in [6.45, 7) is 5.63. The van der Waals surface area contributed by atoms with E-state index in [0.717, 1.165) is 39.0 Å². The highest BCUT2D eigenvalue weighted by Crippen LogP contribution is 2.29. The molecule has 0 saturated carbocycles. The van der Waals surface area contributed by atoms with Crippen molar-refractivity contribution in [1.82, 2.24) is 15.1 Å². The van der Waals surface area contributed by atoms with Crippen LogP contribution in [0.3, 0.4) is 0 Å². The topological polar surface area (TPSA) is 35.6 Å². The molecule has 0 spiro atoms. The van der Waals surface area contributed by atoms with Gasteiger partial charge >= 0.3 is 0 Å². The molecule has 3 rings (SSSR count). The maximum Gasteiger partial charge on any atom is 0.226 e. The number of nitrogens with zero attached hydrogens (tertiary/aromatic N) is 2. The van der Waals surface area contributed by atoms with E-state index in [1.54, 1.807) is 0 Å². The minimum absolute atomic E-state index is 0.0463. The van der Waals surface area contributed by atoms with Crippen molar-refractivity contribution in [2.45, 2.75) is 45.1 Å². The molecule has 0 aromatic heterocycles. The maximum absolute atomic E-state index is 12.2. The molecule has 0 atom stereocenters. The molecule has 30 heavy (non-hydrogen) atoms. The van der Waals surface area contributed by atoms with E-state index < -0.39 is 0 Å². The van der Waals surface area contributed by atoms with E-state index in [1.165, 1.54) is 24.0 Å². The number of carbonyl (C=O) groups excluding carboxylic acids is 1. The van der Waals surface area contributed by atoms with E-state index in [0.29, 0.717) is 11.5 Å². The molecule has 4 nitrogen and oxygen atoms in total. The Labute approximate surface area is 186 Å². The van der Waals surface area contributed by atoms with Gasteiger partial charge in [-0.05, 0) is 29.8 Å². The lowest BCUT2D eigenvalue weighted by Gasteiger charge is -2.40. The quantitative estimate of drug-likeness (QED) is 0.490. The molecule has 1 fully saturated rings. The fourth-order valence-electron chi connectivity index (χ4n) is 4.04. The normalized spacial score (nSPS) is 14.7. The predicted molar refractivity (Wildman–Crippen MR) is 127 cm³/mol. The van der Waals surface area contributed by atoms with Gasteiger partial charge in [-0.1, -0.05) is 86.8 Å². The summed E-state index contributed by atoms with van der Waals surface area (Å²) in [5.74, 6) is 0.0463. The van der Waals surface area contributed by atoms with Crippen LogP contribution in [0.5, 0.6) is 0 Å². The molecule has 1 aliphatic rings. The van der Waals surface area contributed by atoms with Crippen LogP contribution in [0.1, 0.15) is 56.2 Å². The SMILES string of the molecule is CCCCCCC(=O)NC(=S)N1CCN(C(c2ccccc2)c2ccccc2)CC1. The van der Waals surface area contributed by atoms with E-state index in [1.807, 2.05) is 0 Å². The van der Waals surface area contributed by atoms with Gasteiger partial charge in [0, 0.05) is 32.6 Å². The molecule has 0 unspecified atom stereocenters. The molecule has 2 aromatic carbocycles. The lowest BCUT2D eigenvalue weighted by molar-refractivity contribution is -0.119. The molecule has 0 bridgehead atoms. The van der Waals surface area contributed by atoms with E-state index in [-0.39, 0.29) is 11.9 Å². The molecule has 1 aliphatic heterocycles. The molecule has 160 valence electrons. The monoisotopic (exact) mass is 423 g/mol. The third kappa shape index (κ3) is 6.38. The molecule has 2 aromatic rings. The number of carbonyl (C=O) groups is 1. The molecule has 1 amide bonds. The summed E-state index contributed by atoms with van der Waals surface area (Å²) in [5, 5.41) is 3.51. The number of benzene rings is 2. The van der Waals surface area contributed by atoms with Gasteiger partial charge in [0.15, 0.2) is 5.11 Å². The molecule has 0 aliphatic carbocycles. The highest BCUT2D eigenvalue weighted by molar-refractivity contribution is 7.80. The number of hydrogen-bond donors (Lipinski definition) is 1. The fraction of sp³-hybridized carbons (Fsp3) is 0.440. The largest absolute Gasteiger partial charge is 0.346 e. The third-order valence-corrected chi connectivity index (χ3v) is 6.06. The first-order chi connectivity index (χ1) is 14.7. The lowest BCUT2D eigenvalue weighted by atomic mass is 9.96. The second-order valence-electron chi connectivity index (χ2n) is 7.91. The number of amides is 1. The molecule has 0 radical (unpaired) electrons. The Balaban J connectivity index is 1.56. The smallest absolute Gasteiger partial charge is 0.226 e.